The second-order valence-corrected chi connectivity index (χ2v) is 5.07. The molecule has 0 saturated heterocycles. The van der Waals surface area contributed by atoms with E-state index in [-0.39, 0.29) is 0 Å². The van der Waals surface area contributed by atoms with E-state index in [2.05, 4.69) is 20.6 Å². The zero-order chi connectivity index (χ0) is 15.2. The number of furan rings is 1. The molecule has 2 heterocycles. The third-order valence-electron chi connectivity index (χ3n) is 3.11. The van der Waals surface area contributed by atoms with E-state index in [9.17, 15) is 0 Å². The molecule has 1 aromatic carbocycles. The Bertz CT molecular complexity index is 731. The Balaban J connectivity index is 1.60. The van der Waals surface area contributed by atoms with Gasteiger partial charge in [-0.1, -0.05) is 29.8 Å². The van der Waals surface area contributed by atoms with Gasteiger partial charge in [0.15, 0.2) is 0 Å². The topological polar surface area (TPSA) is 63.0 Å². The Morgan fingerprint density at radius 2 is 1.73 bits per heavy atom. The quantitative estimate of drug-likeness (QED) is 0.721. The van der Waals surface area contributed by atoms with Gasteiger partial charge in [-0.05, 0) is 23.8 Å². The normalized spacial score (nSPS) is 10.4. The predicted octanol–water partition coefficient (Wildman–Crippen LogP) is 3.95. The smallest absolute Gasteiger partial charge is 0.131 e. The summed E-state index contributed by atoms with van der Waals surface area (Å²) in [7, 11) is 0. The highest BCUT2D eigenvalue weighted by atomic mass is 35.5. The molecule has 0 aliphatic rings. The average Bonchev–Trinajstić information content (AvgIpc) is 3.06. The van der Waals surface area contributed by atoms with Crippen LogP contribution in [0.25, 0.3) is 0 Å². The van der Waals surface area contributed by atoms with Gasteiger partial charge >= 0.3 is 0 Å². The summed E-state index contributed by atoms with van der Waals surface area (Å²) in [5.41, 5.74) is 1.02. The van der Waals surface area contributed by atoms with E-state index >= 15 is 0 Å². The van der Waals surface area contributed by atoms with Crippen molar-refractivity contribution in [3.05, 3.63) is 71.4 Å². The molecule has 0 bridgehead atoms. The molecule has 0 atom stereocenters. The van der Waals surface area contributed by atoms with Crippen LogP contribution >= 0.6 is 11.6 Å². The van der Waals surface area contributed by atoms with E-state index in [0.29, 0.717) is 13.1 Å². The van der Waals surface area contributed by atoms with Crippen LogP contribution in [0, 0.1) is 0 Å². The molecule has 0 fully saturated rings. The maximum atomic E-state index is 6.13. The first kappa shape index (κ1) is 14.4. The third-order valence-corrected chi connectivity index (χ3v) is 3.48. The number of nitrogens with one attached hydrogen (secondary N) is 2. The Hall–Kier alpha value is -2.53. The second kappa shape index (κ2) is 6.95. The van der Waals surface area contributed by atoms with Gasteiger partial charge in [0.2, 0.25) is 0 Å². The van der Waals surface area contributed by atoms with Crippen molar-refractivity contribution in [2.24, 2.45) is 0 Å². The van der Waals surface area contributed by atoms with Crippen molar-refractivity contribution in [1.82, 2.24) is 9.97 Å². The number of nitrogens with zero attached hydrogens (tertiary/aromatic N) is 2. The van der Waals surface area contributed by atoms with Crippen LogP contribution < -0.4 is 10.6 Å². The summed E-state index contributed by atoms with van der Waals surface area (Å²) in [6, 6.07) is 13.3. The first-order valence-corrected chi connectivity index (χ1v) is 7.24. The highest BCUT2D eigenvalue weighted by Crippen LogP contribution is 2.17. The molecule has 22 heavy (non-hydrogen) atoms. The lowest BCUT2D eigenvalue weighted by Crippen LogP contribution is -2.05. The zero-order valence-corrected chi connectivity index (χ0v) is 12.5. The summed E-state index contributed by atoms with van der Waals surface area (Å²) in [6.07, 6.45) is 3.16. The van der Waals surface area contributed by atoms with Gasteiger partial charge in [0, 0.05) is 17.6 Å². The maximum absolute atomic E-state index is 6.13. The number of halogens is 1. The van der Waals surface area contributed by atoms with Gasteiger partial charge in [0.05, 0.1) is 12.8 Å². The summed E-state index contributed by atoms with van der Waals surface area (Å²) in [4.78, 5) is 8.38. The number of rotatable bonds is 6. The van der Waals surface area contributed by atoms with Crippen LogP contribution in [-0.2, 0) is 13.1 Å². The molecular formula is C16H15ClN4O. The van der Waals surface area contributed by atoms with E-state index < -0.39 is 0 Å². The van der Waals surface area contributed by atoms with Crippen molar-refractivity contribution in [1.29, 1.82) is 0 Å². The Morgan fingerprint density at radius 3 is 2.45 bits per heavy atom. The van der Waals surface area contributed by atoms with Crippen LogP contribution in [0.1, 0.15) is 11.3 Å². The monoisotopic (exact) mass is 314 g/mol. The Labute approximate surface area is 133 Å². The van der Waals surface area contributed by atoms with Crippen LogP contribution in [0.5, 0.6) is 0 Å². The molecule has 6 heteroatoms. The van der Waals surface area contributed by atoms with Gasteiger partial charge in [-0.25, -0.2) is 9.97 Å². The number of aromatic nitrogens is 2. The summed E-state index contributed by atoms with van der Waals surface area (Å²) < 4.78 is 5.27. The van der Waals surface area contributed by atoms with Crippen molar-refractivity contribution in [3.8, 4) is 0 Å². The van der Waals surface area contributed by atoms with Crippen molar-refractivity contribution >= 4 is 23.2 Å². The van der Waals surface area contributed by atoms with Gasteiger partial charge in [-0.2, -0.15) is 0 Å². The van der Waals surface area contributed by atoms with Gasteiger partial charge in [-0.3, -0.25) is 0 Å². The van der Waals surface area contributed by atoms with E-state index in [4.69, 9.17) is 16.0 Å². The van der Waals surface area contributed by atoms with Gasteiger partial charge in [-0.15, -0.1) is 0 Å². The number of anilines is 2. The van der Waals surface area contributed by atoms with E-state index in [1.807, 2.05) is 42.5 Å². The molecule has 0 spiro atoms. The van der Waals surface area contributed by atoms with Crippen LogP contribution in [0.15, 0.2) is 59.5 Å². The van der Waals surface area contributed by atoms with Crippen LogP contribution in [0.3, 0.4) is 0 Å². The van der Waals surface area contributed by atoms with Crippen LogP contribution in [0.2, 0.25) is 5.02 Å². The van der Waals surface area contributed by atoms with Gasteiger partial charge < -0.3 is 15.1 Å². The highest BCUT2D eigenvalue weighted by Gasteiger charge is 2.02. The number of hydrogen-bond acceptors (Lipinski definition) is 5. The minimum atomic E-state index is 0.577. The summed E-state index contributed by atoms with van der Waals surface area (Å²) >= 11 is 6.13. The standard InChI is InChI=1S/C16H15ClN4O/c17-14-6-2-1-4-12(14)9-18-15-8-16(21-11-20-15)19-10-13-5-3-7-22-13/h1-8,11H,9-10H2,(H2,18,19,20,21). The molecule has 3 rings (SSSR count). The largest absolute Gasteiger partial charge is 0.467 e. The van der Waals surface area contributed by atoms with Crippen molar-refractivity contribution < 1.29 is 4.42 Å². The first-order valence-electron chi connectivity index (χ1n) is 6.87. The zero-order valence-electron chi connectivity index (χ0n) is 11.8. The third kappa shape index (κ3) is 3.77. The van der Waals surface area contributed by atoms with Crippen molar-refractivity contribution in [3.63, 3.8) is 0 Å². The minimum absolute atomic E-state index is 0.577. The fourth-order valence-electron chi connectivity index (χ4n) is 1.97. The molecule has 0 amide bonds. The number of hydrogen-bond donors (Lipinski definition) is 2. The molecule has 0 aliphatic heterocycles. The van der Waals surface area contributed by atoms with Crippen molar-refractivity contribution in [2.45, 2.75) is 13.1 Å². The molecule has 2 N–H and O–H groups in total. The van der Waals surface area contributed by atoms with E-state index in [1.165, 1.54) is 6.33 Å². The van der Waals surface area contributed by atoms with Gasteiger partial charge in [0.1, 0.15) is 23.7 Å². The Morgan fingerprint density at radius 1 is 0.955 bits per heavy atom. The lowest BCUT2D eigenvalue weighted by Gasteiger charge is -2.09. The SMILES string of the molecule is Clc1ccccc1CNc1cc(NCc2ccco2)ncn1. The van der Waals surface area contributed by atoms with Gasteiger partial charge in [0.25, 0.3) is 0 Å². The fraction of sp³-hybridized carbons (Fsp3) is 0.125. The lowest BCUT2D eigenvalue weighted by atomic mass is 10.2. The van der Waals surface area contributed by atoms with E-state index in [0.717, 1.165) is 28.0 Å². The second-order valence-electron chi connectivity index (χ2n) is 4.67. The lowest BCUT2D eigenvalue weighted by molar-refractivity contribution is 0.518. The summed E-state index contributed by atoms with van der Waals surface area (Å²) in [5.74, 6) is 2.31. The van der Waals surface area contributed by atoms with Crippen LogP contribution in [-0.4, -0.2) is 9.97 Å². The molecule has 0 saturated carbocycles. The predicted molar refractivity (Wildman–Crippen MR) is 86.8 cm³/mol. The molecule has 0 unspecified atom stereocenters. The minimum Gasteiger partial charge on any atom is -0.467 e. The molecular weight excluding hydrogens is 300 g/mol. The highest BCUT2D eigenvalue weighted by molar-refractivity contribution is 6.31. The molecule has 112 valence electrons. The van der Waals surface area contributed by atoms with Crippen LogP contribution in [0.4, 0.5) is 11.6 Å². The van der Waals surface area contributed by atoms with E-state index in [1.54, 1.807) is 6.26 Å². The summed E-state index contributed by atoms with van der Waals surface area (Å²) in [5, 5.41) is 7.16. The Kier molecular flexibility index (Phi) is 4.56. The molecule has 5 nitrogen and oxygen atoms in total. The maximum Gasteiger partial charge on any atom is 0.131 e. The average molecular weight is 315 g/mol. The molecule has 2 aromatic heterocycles. The first-order chi connectivity index (χ1) is 10.8. The molecule has 3 aromatic rings. The number of benzene rings is 1. The van der Waals surface area contributed by atoms with Crippen molar-refractivity contribution in [2.75, 3.05) is 10.6 Å². The molecule has 0 aliphatic carbocycles. The molecule has 0 radical (unpaired) electrons. The summed E-state index contributed by atoms with van der Waals surface area (Å²) in [6.45, 7) is 1.18. The fourth-order valence-corrected chi connectivity index (χ4v) is 2.17.